The van der Waals surface area contributed by atoms with Gasteiger partial charge in [0.25, 0.3) is 0 Å². The second-order valence-corrected chi connectivity index (χ2v) is 11.7. The van der Waals surface area contributed by atoms with Crippen molar-refractivity contribution in [1.82, 2.24) is 0 Å². The lowest BCUT2D eigenvalue weighted by Gasteiger charge is -2.09. The third-order valence-electron chi connectivity index (χ3n) is 7.70. The maximum Gasteiger partial charge on any atom is 0.343 e. The average molecular weight is 647 g/mol. The normalized spacial score (nSPS) is 10.8. The van der Waals surface area contributed by atoms with E-state index in [0.29, 0.717) is 48.0 Å². The van der Waals surface area contributed by atoms with Crippen molar-refractivity contribution < 1.29 is 38.4 Å². The Kier molecular flexibility index (Phi) is 17.8. The molecule has 8 nitrogen and oxygen atoms in total. The van der Waals surface area contributed by atoms with Crippen molar-refractivity contribution in [2.75, 3.05) is 19.8 Å². The first kappa shape index (κ1) is 37.3. The zero-order chi connectivity index (χ0) is 33.5. The summed E-state index contributed by atoms with van der Waals surface area (Å²) in [5.74, 6) is 0.323. The average Bonchev–Trinajstić information content (AvgIpc) is 3.09. The van der Waals surface area contributed by atoms with Crippen LogP contribution in [0.5, 0.6) is 17.2 Å². The summed E-state index contributed by atoms with van der Waals surface area (Å²) in [7, 11) is 0. The second-order valence-electron chi connectivity index (χ2n) is 11.7. The molecule has 254 valence electrons. The Bertz CT molecular complexity index is 1320. The van der Waals surface area contributed by atoms with E-state index >= 15 is 0 Å². The van der Waals surface area contributed by atoms with E-state index in [2.05, 4.69) is 6.92 Å². The van der Waals surface area contributed by atoms with E-state index in [4.69, 9.17) is 24.1 Å². The molecule has 0 fully saturated rings. The maximum absolute atomic E-state index is 12.6. The molecule has 8 heteroatoms. The first-order valence-electron chi connectivity index (χ1n) is 17.1. The van der Waals surface area contributed by atoms with Gasteiger partial charge in [0.05, 0.1) is 24.3 Å². The van der Waals surface area contributed by atoms with Gasteiger partial charge in [-0.2, -0.15) is 0 Å². The Hall–Kier alpha value is -4.17. The zero-order valence-corrected chi connectivity index (χ0v) is 27.8. The summed E-state index contributed by atoms with van der Waals surface area (Å²) < 4.78 is 22.0. The Morgan fingerprint density at radius 1 is 0.553 bits per heavy atom. The Labute approximate surface area is 279 Å². The van der Waals surface area contributed by atoms with Crippen LogP contribution in [0.15, 0.2) is 72.8 Å². The van der Waals surface area contributed by atoms with E-state index in [1.54, 1.807) is 60.7 Å². The first-order valence-corrected chi connectivity index (χ1v) is 17.1. The summed E-state index contributed by atoms with van der Waals surface area (Å²) in [5.41, 5.74) is 2.09. The highest BCUT2D eigenvalue weighted by atomic mass is 16.5. The highest BCUT2D eigenvalue weighted by molar-refractivity contribution is 5.92. The van der Waals surface area contributed by atoms with E-state index < -0.39 is 11.9 Å². The summed E-state index contributed by atoms with van der Waals surface area (Å²) in [6, 6.07) is 20.7. The van der Waals surface area contributed by atoms with Crippen molar-refractivity contribution >= 4 is 17.9 Å². The lowest BCUT2D eigenvalue weighted by Crippen LogP contribution is -2.09. The first-order chi connectivity index (χ1) is 23.0. The molecule has 1 N–H and O–H groups in total. The lowest BCUT2D eigenvalue weighted by atomic mass is 10.1. The topological polar surface area (TPSA) is 108 Å². The molecule has 0 aliphatic carbocycles. The highest BCUT2D eigenvalue weighted by Crippen LogP contribution is 2.21. The third kappa shape index (κ3) is 15.3. The minimum absolute atomic E-state index is 0.147. The van der Waals surface area contributed by atoms with Gasteiger partial charge in [-0.3, -0.25) is 4.79 Å². The van der Waals surface area contributed by atoms with Gasteiger partial charge in [0.2, 0.25) is 0 Å². The molecule has 0 amide bonds. The fourth-order valence-electron chi connectivity index (χ4n) is 4.90. The van der Waals surface area contributed by atoms with Crippen LogP contribution in [0.1, 0.15) is 117 Å². The van der Waals surface area contributed by atoms with Crippen molar-refractivity contribution in [3.63, 3.8) is 0 Å². The Morgan fingerprint density at radius 2 is 1.06 bits per heavy atom. The minimum atomic E-state index is -0.492. The molecule has 3 aromatic carbocycles. The summed E-state index contributed by atoms with van der Waals surface area (Å²) >= 11 is 0. The number of hydrogen-bond donors (Lipinski definition) is 1. The number of aliphatic hydroxyl groups excluding tert-OH is 1. The van der Waals surface area contributed by atoms with Gasteiger partial charge in [-0.1, -0.05) is 64.0 Å². The van der Waals surface area contributed by atoms with Gasteiger partial charge in [-0.25, -0.2) is 9.59 Å². The minimum Gasteiger partial charge on any atom is -0.494 e. The van der Waals surface area contributed by atoms with Gasteiger partial charge in [-0.15, -0.1) is 0 Å². The van der Waals surface area contributed by atoms with Crippen LogP contribution in [-0.2, 0) is 16.0 Å². The van der Waals surface area contributed by atoms with E-state index in [-0.39, 0.29) is 12.6 Å². The molecular formula is C39H50O8. The molecule has 0 aliphatic rings. The number of carbonyl (C=O) groups is 3. The molecular weight excluding hydrogens is 596 g/mol. The molecule has 0 heterocycles. The lowest BCUT2D eigenvalue weighted by molar-refractivity contribution is -0.143. The van der Waals surface area contributed by atoms with Gasteiger partial charge in [0.15, 0.2) is 0 Å². The highest BCUT2D eigenvalue weighted by Gasteiger charge is 2.12. The number of unbranched alkanes of at least 4 members (excludes halogenated alkanes) is 9. The molecule has 0 unspecified atom stereocenters. The number of rotatable bonds is 23. The predicted molar refractivity (Wildman–Crippen MR) is 182 cm³/mol. The number of esters is 3. The fourth-order valence-corrected chi connectivity index (χ4v) is 4.90. The van der Waals surface area contributed by atoms with Gasteiger partial charge < -0.3 is 24.1 Å². The number of carbonyl (C=O) groups excluding carboxylic acids is 3. The van der Waals surface area contributed by atoms with Crippen LogP contribution in [0.2, 0.25) is 0 Å². The SMILES string of the molecule is CCCCCc1ccc(C(=O)Oc2ccc(OC(=O)c3ccc(OCCCCCCCCOC(=O)CCCCCO)cc3)cc2)cc1. The van der Waals surface area contributed by atoms with Crippen LogP contribution in [0.4, 0.5) is 0 Å². The van der Waals surface area contributed by atoms with Gasteiger partial charge >= 0.3 is 17.9 Å². The van der Waals surface area contributed by atoms with Crippen LogP contribution >= 0.6 is 0 Å². The summed E-state index contributed by atoms with van der Waals surface area (Å²) in [6.07, 6.45) is 13.4. The number of ether oxygens (including phenoxy) is 4. The number of benzene rings is 3. The zero-order valence-electron chi connectivity index (χ0n) is 27.8. The van der Waals surface area contributed by atoms with Crippen molar-refractivity contribution in [3.05, 3.63) is 89.5 Å². The summed E-state index contributed by atoms with van der Waals surface area (Å²) in [5, 5.41) is 8.75. The maximum atomic E-state index is 12.6. The van der Waals surface area contributed by atoms with Gasteiger partial charge in [0, 0.05) is 13.0 Å². The molecule has 0 aromatic heterocycles. The second kappa shape index (κ2) is 22.4. The molecule has 3 aromatic rings. The van der Waals surface area contributed by atoms with Crippen LogP contribution < -0.4 is 14.2 Å². The molecule has 0 spiro atoms. The summed E-state index contributed by atoms with van der Waals surface area (Å²) in [4.78, 5) is 36.8. The van der Waals surface area contributed by atoms with Crippen molar-refractivity contribution in [3.8, 4) is 17.2 Å². The molecule has 0 radical (unpaired) electrons. The molecule has 0 saturated carbocycles. The number of aryl methyl sites for hydroxylation is 1. The van der Waals surface area contributed by atoms with E-state index in [1.165, 1.54) is 18.4 Å². The monoisotopic (exact) mass is 646 g/mol. The van der Waals surface area contributed by atoms with E-state index in [0.717, 1.165) is 70.6 Å². The smallest absolute Gasteiger partial charge is 0.343 e. The molecule has 0 bridgehead atoms. The Morgan fingerprint density at radius 3 is 1.64 bits per heavy atom. The quantitative estimate of drug-likeness (QED) is 0.0619. The molecule has 0 aliphatic heterocycles. The van der Waals surface area contributed by atoms with Crippen LogP contribution in [-0.4, -0.2) is 42.8 Å². The molecule has 0 atom stereocenters. The molecule has 3 rings (SSSR count). The Balaban J connectivity index is 1.26. The number of hydrogen-bond acceptors (Lipinski definition) is 8. The number of aliphatic hydroxyl groups is 1. The standard InChI is InChI=1S/C39H50O8/c1-2-3-9-14-31-16-18-32(19-17-31)38(42)46-35-24-26-36(27-25-35)47-39(43)33-20-22-34(23-21-33)44-29-12-6-4-5-7-13-30-45-37(41)15-10-8-11-28-40/h16-27,40H,2-15,28-30H2,1H3. The van der Waals surface area contributed by atoms with Crippen LogP contribution in [0.3, 0.4) is 0 Å². The van der Waals surface area contributed by atoms with E-state index in [1.807, 2.05) is 12.1 Å². The predicted octanol–water partition coefficient (Wildman–Crippen LogP) is 8.67. The molecule has 47 heavy (non-hydrogen) atoms. The largest absolute Gasteiger partial charge is 0.494 e. The summed E-state index contributed by atoms with van der Waals surface area (Å²) in [6.45, 7) is 3.42. The van der Waals surface area contributed by atoms with Crippen LogP contribution in [0.25, 0.3) is 0 Å². The fraction of sp³-hybridized carbons (Fsp3) is 0.462. The molecule has 0 saturated heterocycles. The van der Waals surface area contributed by atoms with Gasteiger partial charge in [-0.05, 0) is 105 Å². The third-order valence-corrected chi connectivity index (χ3v) is 7.70. The van der Waals surface area contributed by atoms with Crippen molar-refractivity contribution in [2.45, 2.75) is 96.8 Å². The van der Waals surface area contributed by atoms with Crippen molar-refractivity contribution in [1.29, 1.82) is 0 Å². The van der Waals surface area contributed by atoms with E-state index in [9.17, 15) is 14.4 Å². The van der Waals surface area contributed by atoms with Crippen LogP contribution in [0, 0.1) is 0 Å². The van der Waals surface area contributed by atoms with Gasteiger partial charge in [0.1, 0.15) is 17.2 Å². The van der Waals surface area contributed by atoms with Crippen molar-refractivity contribution in [2.24, 2.45) is 0 Å².